The van der Waals surface area contributed by atoms with Gasteiger partial charge in [-0.1, -0.05) is 0 Å². The first-order valence-corrected chi connectivity index (χ1v) is 7.85. The molecule has 1 fully saturated rings. The molecule has 0 aromatic carbocycles. The van der Waals surface area contributed by atoms with Crippen molar-refractivity contribution < 1.29 is 4.79 Å². The number of pyridine rings is 1. The second-order valence-electron chi connectivity index (χ2n) is 4.87. The second-order valence-corrected chi connectivity index (χ2v) is 6.56. The fourth-order valence-corrected chi connectivity index (χ4v) is 3.32. The van der Waals surface area contributed by atoms with E-state index in [0.717, 1.165) is 17.3 Å². The minimum Gasteiger partial charge on any atom is -0.351 e. The zero-order chi connectivity index (χ0) is 13.3. The van der Waals surface area contributed by atoms with E-state index in [1.165, 1.54) is 5.56 Å². The second kappa shape index (κ2) is 5.06. The van der Waals surface area contributed by atoms with Gasteiger partial charge in [-0.2, -0.15) is 11.3 Å². The molecule has 98 valence electrons. The van der Waals surface area contributed by atoms with Gasteiger partial charge in [-0.25, -0.2) is 0 Å². The van der Waals surface area contributed by atoms with E-state index in [1.807, 2.05) is 0 Å². The van der Waals surface area contributed by atoms with E-state index >= 15 is 0 Å². The molecular weight excluding hydrogens is 324 g/mol. The van der Waals surface area contributed by atoms with E-state index in [2.05, 4.69) is 43.1 Å². The van der Waals surface area contributed by atoms with Crippen LogP contribution in [0.3, 0.4) is 0 Å². The number of carbonyl (C=O) groups excluding carboxylic acids is 1. The number of nitrogens with one attached hydrogen (secondary N) is 1. The number of amides is 1. The van der Waals surface area contributed by atoms with Crippen molar-refractivity contribution in [2.45, 2.75) is 18.3 Å². The molecule has 3 rings (SSSR count). The van der Waals surface area contributed by atoms with Crippen LogP contribution in [0, 0.1) is 0 Å². The third kappa shape index (κ3) is 2.72. The van der Waals surface area contributed by atoms with Crippen LogP contribution in [0.1, 0.15) is 28.8 Å². The van der Waals surface area contributed by atoms with Crippen LogP contribution >= 0.6 is 27.3 Å². The Kier molecular flexibility index (Phi) is 3.41. The highest BCUT2D eigenvalue weighted by Gasteiger charge is 2.44. The van der Waals surface area contributed by atoms with Crippen molar-refractivity contribution in [3.63, 3.8) is 0 Å². The summed E-state index contributed by atoms with van der Waals surface area (Å²) >= 11 is 5.03. The molecule has 0 unspecified atom stereocenters. The number of rotatable bonds is 4. The smallest absolute Gasteiger partial charge is 0.252 e. The normalized spacial score (nSPS) is 16.1. The molecular formula is C14H13BrN2OS. The van der Waals surface area contributed by atoms with E-state index in [-0.39, 0.29) is 11.3 Å². The Labute approximate surface area is 124 Å². The zero-order valence-electron chi connectivity index (χ0n) is 10.2. The highest BCUT2D eigenvalue weighted by Crippen LogP contribution is 2.48. The summed E-state index contributed by atoms with van der Waals surface area (Å²) in [5, 5.41) is 7.30. The molecule has 5 heteroatoms. The van der Waals surface area contributed by atoms with Gasteiger partial charge >= 0.3 is 0 Å². The number of halogens is 1. The summed E-state index contributed by atoms with van der Waals surface area (Å²) in [4.78, 5) is 16.1. The van der Waals surface area contributed by atoms with E-state index in [4.69, 9.17) is 0 Å². The molecule has 3 nitrogen and oxygen atoms in total. The first-order valence-electron chi connectivity index (χ1n) is 6.11. The van der Waals surface area contributed by atoms with Gasteiger partial charge in [0, 0.05) is 28.8 Å². The Balaban J connectivity index is 1.66. The average molecular weight is 337 g/mol. The maximum absolute atomic E-state index is 12.1. The fourth-order valence-electron chi connectivity index (χ4n) is 2.17. The highest BCUT2D eigenvalue weighted by molar-refractivity contribution is 9.10. The summed E-state index contributed by atoms with van der Waals surface area (Å²) in [6.45, 7) is 0.703. The molecule has 1 amide bonds. The van der Waals surface area contributed by atoms with Crippen LogP contribution in [-0.4, -0.2) is 17.4 Å². The van der Waals surface area contributed by atoms with E-state index in [0.29, 0.717) is 12.1 Å². The van der Waals surface area contributed by atoms with Crippen molar-refractivity contribution in [2.24, 2.45) is 0 Å². The van der Waals surface area contributed by atoms with Crippen LogP contribution in [0.2, 0.25) is 0 Å². The molecule has 0 saturated heterocycles. The molecule has 2 aromatic heterocycles. The van der Waals surface area contributed by atoms with Crippen molar-refractivity contribution in [3.05, 3.63) is 50.9 Å². The maximum atomic E-state index is 12.1. The molecule has 2 heterocycles. The van der Waals surface area contributed by atoms with Gasteiger partial charge in [0.1, 0.15) is 0 Å². The summed E-state index contributed by atoms with van der Waals surface area (Å²) in [6.07, 6.45) is 5.57. The first-order chi connectivity index (χ1) is 9.20. The molecule has 1 N–H and O–H groups in total. The number of hydrogen-bond acceptors (Lipinski definition) is 3. The average Bonchev–Trinajstić information content (AvgIpc) is 2.99. The molecule has 0 aliphatic heterocycles. The van der Waals surface area contributed by atoms with Gasteiger partial charge in [0.2, 0.25) is 0 Å². The number of nitrogens with zero attached hydrogens (tertiary/aromatic N) is 1. The van der Waals surface area contributed by atoms with Crippen molar-refractivity contribution in [1.82, 2.24) is 10.3 Å². The minimum absolute atomic E-state index is 0.0599. The number of carbonyl (C=O) groups is 1. The zero-order valence-corrected chi connectivity index (χ0v) is 12.6. The van der Waals surface area contributed by atoms with Crippen LogP contribution in [-0.2, 0) is 5.41 Å². The number of aromatic nitrogens is 1. The molecule has 1 aliphatic carbocycles. The van der Waals surface area contributed by atoms with E-state index in [9.17, 15) is 4.79 Å². The molecule has 0 radical (unpaired) electrons. The number of hydrogen-bond donors (Lipinski definition) is 1. The Hall–Kier alpha value is -1.20. The topological polar surface area (TPSA) is 42.0 Å². The third-order valence-electron chi connectivity index (χ3n) is 3.54. The van der Waals surface area contributed by atoms with Gasteiger partial charge in [-0.3, -0.25) is 9.78 Å². The van der Waals surface area contributed by atoms with Gasteiger partial charge in [0.25, 0.3) is 5.91 Å². The van der Waals surface area contributed by atoms with Crippen LogP contribution in [0.5, 0.6) is 0 Å². The third-order valence-corrected chi connectivity index (χ3v) is 4.66. The minimum atomic E-state index is -0.0599. The first kappa shape index (κ1) is 12.8. The highest BCUT2D eigenvalue weighted by atomic mass is 79.9. The Morgan fingerprint density at radius 2 is 2.32 bits per heavy atom. The van der Waals surface area contributed by atoms with E-state index < -0.39 is 0 Å². The summed E-state index contributed by atoms with van der Waals surface area (Å²) in [7, 11) is 0. The maximum Gasteiger partial charge on any atom is 0.252 e. The molecule has 1 aliphatic rings. The van der Waals surface area contributed by atoms with Crippen molar-refractivity contribution in [3.8, 4) is 0 Å². The van der Waals surface area contributed by atoms with Crippen molar-refractivity contribution >= 4 is 33.2 Å². The van der Waals surface area contributed by atoms with Gasteiger partial charge < -0.3 is 5.32 Å². The van der Waals surface area contributed by atoms with Crippen LogP contribution in [0.25, 0.3) is 0 Å². The lowest BCUT2D eigenvalue weighted by Crippen LogP contribution is -2.32. The summed E-state index contributed by atoms with van der Waals surface area (Å²) in [6, 6.07) is 3.94. The van der Waals surface area contributed by atoms with Crippen molar-refractivity contribution in [2.75, 3.05) is 6.54 Å². The van der Waals surface area contributed by atoms with Gasteiger partial charge in [-0.05, 0) is 57.2 Å². The quantitative estimate of drug-likeness (QED) is 0.929. The lowest BCUT2D eigenvalue weighted by atomic mass is 9.99. The van der Waals surface area contributed by atoms with Gasteiger partial charge in [0.15, 0.2) is 0 Å². The summed E-state index contributed by atoms with van der Waals surface area (Å²) in [5.74, 6) is -0.0599. The molecule has 0 spiro atoms. The number of thiophene rings is 1. The predicted molar refractivity (Wildman–Crippen MR) is 79.5 cm³/mol. The van der Waals surface area contributed by atoms with Crippen molar-refractivity contribution in [1.29, 1.82) is 0 Å². The van der Waals surface area contributed by atoms with Crippen LogP contribution in [0.15, 0.2) is 39.8 Å². The lowest BCUT2D eigenvalue weighted by Gasteiger charge is -2.14. The monoisotopic (exact) mass is 336 g/mol. The largest absolute Gasteiger partial charge is 0.351 e. The predicted octanol–water partition coefficient (Wildman–Crippen LogP) is 3.37. The van der Waals surface area contributed by atoms with Gasteiger partial charge in [0.05, 0.1) is 5.56 Å². The molecule has 0 bridgehead atoms. The van der Waals surface area contributed by atoms with Crippen LogP contribution < -0.4 is 5.32 Å². The Bertz CT molecular complexity index is 593. The van der Waals surface area contributed by atoms with Crippen LogP contribution in [0.4, 0.5) is 0 Å². The van der Waals surface area contributed by atoms with Gasteiger partial charge in [-0.15, -0.1) is 0 Å². The molecule has 19 heavy (non-hydrogen) atoms. The lowest BCUT2D eigenvalue weighted by molar-refractivity contribution is 0.0949. The Morgan fingerprint density at radius 3 is 2.95 bits per heavy atom. The fraction of sp³-hybridized carbons (Fsp3) is 0.286. The molecule has 0 atom stereocenters. The van der Waals surface area contributed by atoms with E-state index in [1.54, 1.807) is 29.8 Å². The summed E-state index contributed by atoms with van der Waals surface area (Å²) < 4.78 is 0.819. The Morgan fingerprint density at radius 1 is 1.47 bits per heavy atom. The summed E-state index contributed by atoms with van der Waals surface area (Å²) in [5.41, 5.74) is 2.12. The SMILES string of the molecule is O=C(NCC1(c2ccsc2)CC1)c1cncc(Br)c1. The molecule has 2 aromatic rings. The molecule has 1 saturated carbocycles. The standard InChI is InChI=1S/C14H13BrN2OS/c15-12-5-10(6-16-7-12)13(18)17-9-14(2-3-14)11-1-4-19-8-11/h1,4-8H,2-3,9H2,(H,17,18).